The molecule has 0 radical (unpaired) electrons. The van der Waals surface area contributed by atoms with E-state index < -0.39 is 0 Å². The van der Waals surface area contributed by atoms with Crippen molar-refractivity contribution in [2.45, 2.75) is 40.7 Å². The summed E-state index contributed by atoms with van der Waals surface area (Å²) >= 11 is 0. The number of carbonyl (C=O) groups is 1. The number of aromatic nitrogens is 4. The predicted octanol–water partition coefficient (Wildman–Crippen LogP) is 3.69. The summed E-state index contributed by atoms with van der Waals surface area (Å²) in [7, 11) is 0. The van der Waals surface area contributed by atoms with Gasteiger partial charge in [-0.3, -0.25) is 14.8 Å². The Hall–Kier alpha value is -2.96. The van der Waals surface area contributed by atoms with Gasteiger partial charge in [-0.1, -0.05) is 22.8 Å². The Labute approximate surface area is 146 Å². The molecule has 0 atom stereocenters. The van der Waals surface area contributed by atoms with E-state index in [0.29, 0.717) is 11.6 Å². The maximum atomic E-state index is 12.3. The van der Waals surface area contributed by atoms with Crippen molar-refractivity contribution in [1.82, 2.24) is 20.0 Å². The quantitative estimate of drug-likeness (QED) is 0.783. The molecular formula is C18H21N5O2. The molecule has 0 aliphatic rings. The van der Waals surface area contributed by atoms with Crippen LogP contribution < -0.4 is 5.32 Å². The SMILES string of the molecule is Cc1ccc(-c2nnc(NC(=O)c3cc(C)n(C(C)C)n3)o2)c(C)c1. The Kier molecular flexibility index (Phi) is 4.39. The molecule has 0 saturated carbocycles. The predicted molar refractivity (Wildman–Crippen MR) is 94.5 cm³/mol. The van der Waals surface area contributed by atoms with E-state index in [9.17, 15) is 4.79 Å². The van der Waals surface area contributed by atoms with Crippen LogP contribution in [0, 0.1) is 20.8 Å². The molecule has 0 bridgehead atoms. The minimum absolute atomic E-state index is 0.0525. The molecule has 1 amide bonds. The van der Waals surface area contributed by atoms with Gasteiger partial charge in [0.2, 0.25) is 5.89 Å². The van der Waals surface area contributed by atoms with Crippen molar-refractivity contribution in [2.75, 3.05) is 5.32 Å². The maximum absolute atomic E-state index is 12.3. The Morgan fingerprint density at radius 3 is 2.56 bits per heavy atom. The minimum Gasteiger partial charge on any atom is -0.403 e. The summed E-state index contributed by atoms with van der Waals surface area (Å²) in [6, 6.07) is 7.91. The zero-order chi connectivity index (χ0) is 18.1. The molecule has 1 N–H and O–H groups in total. The number of hydrogen-bond donors (Lipinski definition) is 1. The molecule has 1 aromatic carbocycles. The van der Waals surface area contributed by atoms with E-state index in [0.717, 1.165) is 22.4 Å². The normalized spacial score (nSPS) is 11.1. The number of anilines is 1. The van der Waals surface area contributed by atoms with Crippen LogP contribution in [-0.4, -0.2) is 25.9 Å². The largest absolute Gasteiger partial charge is 0.403 e. The van der Waals surface area contributed by atoms with Crippen molar-refractivity contribution in [1.29, 1.82) is 0 Å². The summed E-state index contributed by atoms with van der Waals surface area (Å²) in [5.74, 6) is -0.00461. The summed E-state index contributed by atoms with van der Waals surface area (Å²) < 4.78 is 7.37. The lowest BCUT2D eigenvalue weighted by Gasteiger charge is -2.06. The van der Waals surface area contributed by atoms with Crippen molar-refractivity contribution < 1.29 is 9.21 Å². The average molecular weight is 339 g/mol. The van der Waals surface area contributed by atoms with Gasteiger partial charge in [-0.15, -0.1) is 5.10 Å². The number of nitrogens with zero attached hydrogens (tertiary/aromatic N) is 4. The van der Waals surface area contributed by atoms with Gasteiger partial charge in [0.05, 0.1) is 0 Å². The second kappa shape index (κ2) is 6.51. The first-order valence-electron chi connectivity index (χ1n) is 8.14. The smallest absolute Gasteiger partial charge is 0.322 e. The molecule has 0 spiro atoms. The van der Waals surface area contributed by atoms with Gasteiger partial charge in [0.1, 0.15) is 0 Å². The highest BCUT2D eigenvalue weighted by molar-refractivity contribution is 6.01. The number of hydrogen-bond acceptors (Lipinski definition) is 5. The fourth-order valence-corrected chi connectivity index (χ4v) is 2.72. The van der Waals surface area contributed by atoms with Gasteiger partial charge < -0.3 is 4.42 Å². The maximum Gasteiger partial charge on any atom is 0.322 e. The van der Waals surface area contributed by atoms with Crippen LogP contribution in [0.15, 0.2) is 28.7 Å². The first-order valence-corrected chi connectivity index (χ1v) is 8.14. The highest BCUT2D eigenvalue weighted by Crippen LogP contribution is 2.24. The third-order valence-corrected chi connectivity index (χ3v) is 3.90. The van der Waals surface area contributed by atoms with Crippen LogP contribution in [0.25, 0.3) is 11.5 Å². The number of benzene rings is 1. The van der Waals surface area contributed by atoms with Crippen molar-refractivity contribution in [2.24, 2.45) is 0 Å². The van der Waals surface area contributed by atoms with Crippen LogP contribution >= 0.6 is 0 Å². The van der Waals surface area contributed by atoms with Crippen LogP contribution in [0.1, 0.15) is 47.2 Å². The van der Waals surface area contributed by atoms with E-state index in [1.54, 1.807) is 10.7 Å². The Morgan fingerprint density at radius 2 is 1.92 bits per heavy atom. The second-order valence-corrected chi connectivity index (χ2v) is 6.39. The number of aryl methyl sites for hydroxylation is 3. The van der Waals surface area contributed by atoms with Crippen LogP contribution in [0.3, 0.4) is 0 Å². The van der Waals surface area contributed by atoms with Gasteiger partial charge in [-0.25, -0.2) is 0 Å². The highest BCUT2D eigenvalue weighted by Gasteiger charge is 2.17. The summed E-state index contributed by atoms with van der Waals surface area (Å²) in [5.41, 5.74) is 4.27. The third-order valence-electron chi connectivity index (χ3n) is 3.90. The molecule has 0 saturated heterocycles. The molecular weight excluding hydrogens is 318 g/mol. The molecule has 3 aromatic rings. The number of carbonyl (C=O) groups excluding carboxylic acids is 1. The summed E-state index contributed by atoms with van der Waals surface area (Å²) in [5, 5.41) is 14.8. The Morgan fingerprint density at radius 1 is 1.16 bits per heavy atom. The third kappa shape index (κ3) is 3.45. The van der Waals surface area contributed by atoms with Crippen LogP contribution in [-0.2, 0) is 0 Å². The van der Waals surface area contributed by atoms with Gasteiger partial charge in [0.25, 0.3) is 5.91 Å². The van der Waals surface area contributed by atoms with Crippen LogP contribution in [0.2, 0.25) is 0 Å². The molecule has 2 aromatic heterocycles. The van der Waals surface area contributed by atoms with Gasteiger partial charge in [0.15, 0.2) is 5.69 Å². The molecule has 7 heteroatoms. The first-order chi connectivity index (χ1) is 11.8. The highest BCUT2D eigenvalue weighted by atomic mass is 16.4. The van der Waals surface area contributed by atoms with Crippen molar-refractivity contribution in [3.05, 3.63) is 46.8 Å². The molecule has 2 heterocycles. The van der Waals surface area contributed by atoms with Gasteiger partial charge in [0, 0.05) is 17.3 Å². The molecule has 3 rings (SSSR count). The fraction of sp³-hybridized carbons (Fsp3) is 0.333. The summed E-state index contributed by atoms with van der Waals surface area (Å²) in [6.45, 7) is 9.93. The van der Waals surface area contributed by atoms with Gasteiger partial charge >= 0.3 is 6.01 Å². The molecule has 7 nitrogen and oxygen atoms in total. The standard InChI is InChI=1S/C18H21N5O2/c1-10(2)23-13(5)9-15(22-23)16(24)19-18-21-20-17(25-18)14-7-6-11(3)8-12(14)4/h6-10H,1-5H3,(H,19,21,24). The van der Waals surface area contributed by atoms with Crippen LogP contribution in [0.5, 0.6) is 0 Å². The number of nitrogens with one attached hydrogen (secondary N) is 1. The lowest BCUT2D eigenvalue weighted by molar-refractivity contribution is 0.101. The van der Waals surface area contributed by atoms with Crippen molar-refractivity contribution >= 4 is 11.9 Å². The number of rotatable bonds is 4. The second-order valence-electron chi connectivity index (χ2n) is 6.39. The summed E-state index contributed by atoms with van der Waals surface area (Å²) in [4.78, 5) is 12.3. The lowest BCUT2D eigenvalue weighted by atomic mass is 10.1. The van der Waals surface area contributed by atoms with E-state index in [1.807, 2.05) is 52.8 Å². The number of amides is 1. The van der Waals surface area contributed by atoms with E-state index >= 15 is 0 Å². The zero-order valence-corrected chi connectivity index (χ0v) is 15.0. The Bertz CT molecular complexity index is 923. The monoisotopic (exact) mass is 339 g/mol. The van der Waals surface area contributed by atoms with E-state index in [-0.39, 0.29) is 18.0 Å². The van der Waals surface area contributed by atoms with Crippen molar-refractivity contribution in [3.8, 4) is 11.5 Å². The Balaban J connectivity index is 1.79. The molecule has 0 aliphatic heterocycles. The van der Waals surface area contributed by atoms with Gasteiger partial charge in [-0.05, 0) is 52.3 Å². The molecule has 130 valence electrons. The summed E-state index contributed by atoms with van der Waals surface area (Å²) in [6.07, 6.45) is 0. The fourth-order valence-electron chi connectivity index (χ4n) is 2.72. The van der Waals surface area contributed by atoms with E-state index in [4.69, 9.17) is 4.42 Å². The molecule has 0 unspecified atom stereocenters. The van der Waals surface area contributed by atoms with Crippen molar-refractivity contribution in [3.63, 3.8) is 0 Å². The van der Waals surface area contributed by atoms with Crippen LogP contribution in [0.4, 0.5) is 6.01 Å². The average Bonchev–Trinajstić information content (AvgIpc) is 3.14. The lowest BCUT2D eigenvalue weighted by Crippen LogP contribution is -2.14. The topological polar surface area (TPSA) is 85.8 Å². The van der Waals surface area contributed by atoms with Gasteiger partial charge in [-0.2, -0.15) is 5.10 Å². The van der Waals surface area contributed by atoms with E-state index in [1.165, 1.54) is 0 Å². The molecule has 0 aliphatic carbocycles. The molecule has 25 heavy (non-hydrogen) atoms. The zero-order valence-electron chi connectivity index (χ0n) is 15.0. The van der Waals surface area contributed by atoms with E-state index in [2.05, 4.69) is 20.6 Å². The minimum atomic E-state index is -0.377. The molecule has 0 fully saturated rings. The first kappa shape index (κ1) is 16.9.